The van der Waals surface area contributed by atoms with Crippen LogP contribution in [0.1, 0.15) is 13.3 Å². The van der Waals surface area contributed by atoms with E-state index in [0.29, 0.717) is 11.6 Å². The molecule has 1 unspecified atom stereocenters. The third kappa shape index (κ3) is 4.66. The van der Waals surface area contributed by atoms with Gasteiger partial charge < -0.3 is 21.5 Å². The van der Waals surface area contributed by atoms with E-state index in [4.69, 9.17) is 10.8 Å². The maximum Gasteiger partial charge on any atom is 0.265 e. The number of halogens is 2. The van der Waals surface area contributed by atoms with Crippen LogP contribution in [0.15, 0.2) is 6.07 Å². The van der Waals surface area contributed by atoms with E-state index in [1.165, 1.54) is 0 Å². The van der Waals surface area contributed by atoms with Crippen molar-refractivity contribution in [3.05, 3.63) is 6.07 Å². The fraction of sp³-hybridized carbons (Fsp3) is 0.600. The summed E-state index contributed by atoms with van der Waals surface area (Å²) >= 11 is 0. The molecular weight excluding hydrogens is 244 g/mol. The minimum absolute atomic E-state index is 0.0325. The van der Waals surface area contributed by atoms with Crippen LogP contribution in [-0.4, -0.2) is 40.7 Å². The van der Waals surface area contributed by atoms with E-state index < -0.39 is 12.5 Å². The van der Waals surface area contributed by atoms with Crippen LogP contribution in [0.2, 0.25) is 0 Å². The molecule has 6 nitrogen and oxygen atoms in total. The SMILES string of the molecule is CCCNc1cc(NCC(O)C(F)F)nc(N)n1. The molecule has 1 aromatic rings. The number of aliphatic hydroxyl groups is 1. The fourth-order valence-electron chi connectivity index (χ4n) is 1.20. The first-order valence-electron chi connectivity index (χ1n) is 5.61. The molecule has 1 aromatic heterocycles. The van der Waals surface area contributed by atoms with Crippen molar-refractivity contribution in [3.8, 4) is 0 Å². The highest BCUT2D eigenvalue weighted by atomic mass is 19.3. The van der Waals surface area contributed by atoms with Gasteiger partial charge in [0.05, 0.1) is 0 Å². The molecule has 0 aliphatic carbocycles. The molecule has 1 rings (SSSR count). The molecule has 0 aliphatic heterocycles. The summed E-state index contributed by atoms with van der Waals surface area (Å²) in [5, 5.41) is 14.6. The van der Waals surface area contributed by atoms with Crippen LogP contribution in [0.5, 0.6) is 0 Å². The minimum atomic E-state index is -2.80. The first-order chi connectivity index (χ1) is 8.52. The van der Waals surface area contributed by atoms with Crippen molar-refractivity contribution >= 4 is 17.6 Å². The lowest BCUT2D eigenvalue weighted by Gasteiger charge is -2.12. The van der Waals surface area contributed by atoms with Crippen molar-refractivity contribution < 1.29 is 13.9 Å². The Labute approximate surface area is 104 Å². The summed E-state index contributed by atoms with van der Waals surface area (Å²) in [6.07, 6.45) is -3.63. The highest BCUT2D eigenvalue weighted by Gasteiger charge is 2.16. The van der Waals surface area contributed by atoms with Gasteiger partial charge in [-0.15, -0.1) is 0 Å². The van der Waals surface area contributed by atoms with Gasteiger partial charge in [0, 0.05) is 19.2 Å². The van der Waals surface area contributed by atoms with Gasteiger partial charge in [0.25, 0.3) is 6.43 Å². The number of nitrogen functional groups attached to an aromatic ring is 1. The third-order valence-corrected chi connectivity index (χ3v) is 2.08. The van der Waals surface area contributed by atoms with E-state index in [0.717, 1.165) is 13.0 Å². The normalized spacial score (nSPS) is 12.5. The molecule has 0 saturated heterocycles. The summed E-state index contributed by atoms with van der Waals surface area (Å²) in [6.45, 7) is 2.41. The van der Waals surface area contributed by atoms with Gasteiger partial charge in [-0.25, -0.2) is 8.78 Å². The molecule has 1 heterocycles. The smallest absolute Gasteiger partial charge is 0.265 e. The average molecular weight is 261 g/mol. The Bertz CT molecular complexity index is 377. The van der Waals surface area contributed by atoms with Crippen molar-refractivity contribution in [1.82, 2.24) is 9.97 Å². The maximum atomic E-state index is 12.1. The van der Waals surface area contributed by atoms with Crippen LogP contribution in [-0.2, 0) is 0 Å². The number of hydrogen-bond donors (Lipinski definition) is 4. The van der Waals surface area contributed by atoms with E-state index in [9.17, 15) is 8.78 Å². The lowest BCUT2D eigenvalue weighted by Crippen LogP contribution is -2.27. The first-order valence-corrected chi connectivity index (χ1v) is 5.61. The number of aliphatic hydroxyl groups excluding tert-OH is 1. The highest BCUT2D eigenvalue weighted by molar-refractivity contribution is 5.51. The largest absolute Gasteiger partial charge is 0.385 e. The van der Waals surface area contributed by atoms with E-state index in [1.807, 2.05) is 6.92 Å². The molecule has 0 aliphatic rings. The number of nitrogens with zero attached hydrogens (tertiary/aromatic N) is 2. The van der Waals surface area contributed by atoms with Gasteiger partial charge in [-0.1, -0.05) is 6.92 Å². The van der Waals surface area contributed by atoms with Crippen molar-refractivity contribution in [2.24, 2.45) is 0 Å². The number of anilines is 3. The van der Waals surface area contributed by atoms with Crippen molar-refractivity contribution in [2.75, 3.05) is 29.5 Å². The fourth-order valence-corrected chi connectivity index (χ4v) is 1.20. The van der Waals surface area contributed by atoms with E-state index in [2.05, 4.69) is 20.6 Å². The molecule has 5 N–H and O–H groups in total. The first kappa shape index (κ1) is 14.4. The summed E-state index contributed by atoms with van der Waals surface area (Å²) < 4.78 is 24.2. The predicted molar refractivity (Wildman–Crippen MR) is 65.7 cm³/mol. The predicted octanol–water partition coefficient (Wildman–Crippen LogP) is 0.919. The van der Waals surface area contributed by atoms with Crippen molar-refractivity contribution in [2.45, 2.75) is 25.9 Å². The third-order valence-electron chi connectivity index (χ3n) is 2.08. The standard InChI is InChI=1S/C10H17F2N5O/c1-2-3-14-7-4-8(17-10(13)16-7)15-5-6(18)9(11)12/h4,6,9,18H,2-3,5H2,1H3,(H4,13,14,15,16,17). The zero-order chi connectivity index (χ0) is 13.5. The second-order valence-corrected chi connectivity index (χ2v) is 3.71. The summed E-state index contributed by atoms with van der Waals surface area (Å²) in [4.78, 5) is 7.77. The minimum Gasteiger partial charge on any atom is -0.385 e. The Balaban J connectivity index is 2.62. The Hall–Kier alpha value is -1.70. The number of aromatic nitrogens is 2. The molecule has 18 heavy (non-hydrogen) atoms. The van der Waals surface area contributed by atoms with Crippen LogP contribution in [0.4, 0.5) is 26.4 Å². The number of alkyl halides is 2. The maximum absolute atomic E-state index is 12.1. The van der Waals surface area contributed by atoms with Gasteiger partial charge in [0.15, 0.2) is 0 Å². The average Bonchev–Trinajstić information content (AvgIpc) is 2.32. The van der Waals surface area contributed by atoms with Gasteiger partial charge in [0.2, 0.25) is 5.95 Å². The molecule has 8 heteroatoms. The van der Waals surface area contributed by atoms with Crippen LogP contribution >= 0.6 is 0 Å². The number of nitrogens with two attached hydrogens (primary N) is 1. The van der Waals surface area contributed by atoms with Gasteiger partial charge in [-0.05, 0) is 6.42 Å². The molecule has 0 bridgehead atoms. The Kier molecular flexibility index (Phi) is 5.50. The molecule has 0 amide bonds. The molecule has 0 radical (unpaired) electrons. The zero-order valence-corrected chi connectivity index (χ0v) is 10.0. The van der Waals surface area contributed by atoms with Gasteiger partial charge in [-0.2, -0.15) is 9.97 Å². The molecule has 1 atom stereocenters. The molecule has 102 valence electrons. The second kappa shape index (κ2) is 6.90. The van der Waals surface area contributed by atoms with Crippen LogP contribution < -0.4 is 16.4 Å². The lowest BCUT2D eigenvalue weighted by atomic mass is 10.3. The zero-order valence-electron chi connectivity index (χ0n) is 10.0. The molecule has 0 fully saturated rings. The molecule has 0 saturated carbocycles. The van der Waals surface area contributed by atoms with E-state index in [1.54, 1.807) is 6.07 Å². The van der Waals surface area contributed by atoms with Crippen LogP contribution in [0.25, 0.3) is 0 Å². The summed E-state index contributed by atoms with van der Waals surface area (Å²) in [6, 6.07) is 1.55. The number of rotatable bonds is 7. The summed E-state index contributed by atoms with van der Waals surface area (Å²) in [5.41, 5.74) is 5.48. The second-order valence-electron chi connectivity index (χ2n) is 3.71. The van der Waals surface area contributed by atoms with Crippen molar-refractivity contribution in [3.63, 3.8) is 0 Å². The quantitative estimate of drug-likeness (QED) is 0.583. The monoisotopic (exact) mass is 261 g/mol. The van der Waals surface area contributed by atoms with Crippen LogP contribution in [0.3, 0.4) is 0 Å². The number of nitrogens with one attached hydrogen (secondary N) is 2. The van der Waals surface area contributed by atoms with Crippen LogP contribution in [0, 0.1) is 0 Å². The van der Waals surface area contributed by atoms with Gasteiger partial charge in [-0.3, -0.25) is 0 Å². The van der Waals surface area contributed by atoms with Gasteiger partial charge in [0.1, 0.15) is 17.7 Å². The summed E-state index contributed by atoms with van der Waals surface area (Å²) in [7, 11) is 0. The topological polar surface area (TPSA) is 96.1 Å². The Morgan fingerprint density at radius 2 is 1.94 bits per heavy atom. The van der Waals surface area contributed by atoms with E-state index in [-0.39, 0.29) is 12.5 Å². The summed E-state index contributed by atoms with van der Waals surface area (Å²) in [5.74, 6) is 0.837. The molecule has 0 aromatic carbocycles. The van der Waals surface area contributed by atoms with E-state index >= 15 is 0 Å². The van der Waals surface area contributed by atoms with Gasteiger partial charge >= 0.3 is 0 Å². The Morgan fingerprint density at radius 1 is 1.33 bits per heavy atom. The molecule has 0 spiro atoms. The highest BCUT2D eigenvalue weighted by Crippen LogP contribution is 2.13. The molecular formula is C10H17F2N5O. The Morgan fingerprint density at radius 3 is 2.50 bits per heavy atom. The van der Waals surface area contributed by atoms with Crippen molar-refractivity contribution in [1.29, 1.82) is 0 Å². The number of hydrogen-bond acceptors (Lipinski definition) is 6. The lowest BCUT2D eigenvalue weighted by molar-refractivity contribution is 0.00381.